The Morgan fingerprint density at radius 1 is 1.67 bits per heavy atom. The third-order valence-electron chi connectivity index (χ3n) is 1.98. The molecule has 0 aromatic carbocycles. The minimum atomic E-state index is -0.0347. The Hall–Kier alpha value is -0.610. The van der Waals surface area contributed by atoms with Gasteiger partial charge >= 0.3 is 0 Å². The molecule has 1 fully saturated rings. The molecule has 4 heteroatoms. The number of carbonyl (C=O) groups is 1. The van der Waals surface area contributed by atoms with Gasteiger partial charge < -0.3 is 14.8 Å². The van der Waals surface area contributed by atoms with Gasteiger partial charge in [-0.25, -0.2) is 0 Å². The van der Waals surface area contributed by atoms with E-state index >= 15 is 0 Å². The summed E-state index contributed by atoms with van der Waals surface area (Å²) in [4.78, 5) is 10.8. The van der Waals surface area contributed by atoms with E-state index < -0.39 is 0 Å². The number of nitrogens with one attached hydrogen (secondary N) is 1. The van der Waals surface area contributed by atoms with Gasteiger partial charge in [-0.05, 0) is 6.42 Å². The van der Waals surface area contributed by atoms with E-state index in [1.807, 2.05) is 0 Å². The molecular formula is C8H15NO3. The largest absolute Gasteiger partial charge is 0.379 e. The van der Waals surface area contributed by atoms with Gasteiger partial charge in [-0.1, -0.05) is 0 Å². The Labute approximate surface area is 72.2 Å². The number of carbonyl (C=O) groups excluding carboxylic acids is 1. The average molecular weight is 173 g/mol. The second kappa shape index (κ2) is 4.42. The summed E-state index contributed by atoms with van der Waals surface area (Å²) in [6.07, 6.45) is 0.948. The molecule has 1 amide bonds. The molecule has 1 N–H and O–H groups in total. The van der Waals surface area contributed by atoms with Gasteiger partial charge in [0.1, 0.15) is 0 Å². The minimum absolute atomic E-state index is 0.0150. The highest BCUT2D eigenvalue weighted by atomic mass is 16.5. The zero-order valence-electron chi connectivity index (χ0n) is 7.50. The van der Waals surface area contributed by atoms with Crippen LogP contribution in [0.3, 0.4) is 0 Å². The molecule has 1 aliphatic rings. The second-order valence-electron chi connectivity index (χ2n) is 2.94. The highest BCUT2D eigenvalue weighted by Gasteiger charge is 2.25. The summed E-state index contributed by atoms with van der Waals surface area (Å²) in [6, 6.07) is 0.0150. The molecular weight excluding hydrogens is 158 g/mol. The molecule has 4 nitrogen and oxygen atoms in total. The van der Waals surface area contributed by atoms with Gasteiger partial charge in [-0.15, -0.1) is 0 Å². The van der Waals surface area contributed by atoms with Crippen molar-refractivity contribution >= 4 is 5.91 Å². The molecule has 1 aliphatic heterocycles. The number of hydrogen-bond donors (Lipinski definition) is 1. The lowest BCUT2D eigenvalue weighted by molar-refractivity contribution is -0.123. The fourth-order valence-electron chi connectivity index (χ4n) is 1.40. The highest BCUT2D eigenvalue weighted by molar-refractivity contribution is 5.73. The van der Waals surface area contributed by atoms with Gasteiger partial charge in [0.05, 0.1) is 18.8 Å². The van der Waals surface area contributed by atoms with E-state index in [4.69, 9.17) is 9.47 Å². The summed E-state index contributed by atoms with van der Waals surface area (Å²) < 4.78 is 10.4. The van der Waals surface area contributed by atoms with E-state index in [2.05, 4.69) is 5.32 Å². The van der Waals surface area contributed by atoms with E-state index in [0.29, 0.717) is 13.2 Å². The monoisotopic (exact) mass is 173 g/mol. The third-order valence-corrected chi connectivity index (χ3v) is 1.98. The van der Waals surface area contributed by atoms with E-state index in [1.165, 1.54) is 6.92 Å². The standard InChI is InChI=1S/C8H15NO3/c1-6(10)9-7-5-12-4-3-8(7)11-2/h7-8H,3-5H2,1-2H3,(H,9,10). The van der Waals surface area contributed by atoms with Crippen molar-refractivity contribution in [2.75, 3.05) is 20.3 Å². The molecule has 70 valence electrons. The van der Waals surface area contributed by atoms with Gasteiger partial charge in [-0.3, -0.25) is 4.79 Å². The summed E-state index contributed by atoms with van der Waals surface area (Å²) in [7, 11) is 1.66. The van der Waals surface area contributed by atoms with Crippen LogP contribution in [0.5, 0.6) is 0 Å². The van der Waals surface area contributed by atoms with Crippen LogP contribution in [0.2, 0.25) is 0 Å². The Morgan fingerprint density at radius 2 is 2.42 bits per heavy atom. The highest BCUT2D eigenvalue weighted by Crippen LogP contribution is 2.10. The van der Waals surface area contributed by atoms with Gasteiger partial charge in [0.15, 0.2) is 0 Å². The lowest BCUT2D eigenvalue weighted by Gasteiger charge is -2.30. The first-order valence-corrected chi connectivity index (χ1v) is 4.11. The smallest absolute Gasteiger partial charge is 0.217 e. The fraction of sp³-hybridized carbons (Fsp3) is 0.875. The van der Waals surface area contributed by atoms with Crippen molar-refractivity contribution in [2.24, 2.45) is 0 Å². The zero-order chi connectivity index (χ0) is 8.97. The van der Waals surface area contributed by atoms with Crippen molar-refractivity contribution in [3.05, 3.63) is 0 Å². The minimum Gasteiger partial charge on any atom is -0.379 e. The Balaban J connectivity index is 2.41. The van der Waals surface area contributed by atoms with E-state index in [9.17, 15) is 4.79 Å². The normalized spacial score (nSPS) is 29.8. The fourth-order valence-corrected chi connectivity index (χ4v) is 1.40. The first-order chi connectivity index (χ1) is 5.74. The van der Waals surface area contributed by atoms with E-state index in [0.717, 1.165) is 6.42 Å². The molecule has 2 unspecified atom stereocenters. The summed E-state index contributed by atoms with van der Waals surface area (Å²) in [6.45, 7) is 2.77. The quantitative estimate of drug-likeness (QED) is 0.635. The van der Waals surface area contributed by atoms with Crippen LogP contribution in [0.15, 0.2) is 0 Å². The maximum absolute atomic E-state index is 10.8. The third kappa shape index (κ3) is 2.46. The predicted molar refractivity (Wildman–Crippen MR) is 43.8 cm³/mol. The molecule has 0 bridgehead atoms. The van der Waals surface area contributed by atoms with Gasteiger partial charge in [-0.2, -0.15) is 0 Å². The Bertz CT molecular complexity index is 160. The van der Waals surface area contributed by atoms with Crippen LogP contribution in [-0.2, 0) is 14.3 Å². The summed E-state index contributed by atoms with van der Waals surface area (Å²) in [5.74, 6) is -0.0347. The summed E-state index contributed by atoms with van der Waals surface area (Å²) >= 11 is 0. The molecule has 1 saturated heterocycles. The Kier molecular flexibility index (Phi) is 3.49. The van der Waals surface area contributed by atoms with Crippen LogP contribution in [0.25, 0.3) is 0 Å². The molecule has 0 aromatic heterocycles. The van der Waals surface area contributed by atoms with Crippen LogP contribution in [0.4, 0.5) is 0 Å². The van der Waals surface area contributed by atoms with Crippen molar-refractivity contribution in [2.45, 2.75) is 25.5 Å². The molecule has 0 radical (unpaired) electrons. The number of amides is 1. The lowest BCUT2D eigenvalue weighted by Crippen LogP contribution is -2.49. The van der Waals surface area contributed by atoms with Gasteiger partial charge in [0.2, 0.25) is 5.91 Å². The maximum atomic E-state index is 10.8. The Morgan fingerprint density at radius 3 is 3.00 bits per heavy atom. The first kappa shape index (κ1) is 9.48. The zero-order valence-corrected chi connectivity index (χ0v) is 7.50. The number of methoxy groups -OCH3 is 1. The van der Waals surface area contributed by atoms with Crippen molar-refractivity contribution in [1.29, 1.82) is 0 Å². The van der Waals surface area contributed by atoms with Gasteiger partial charge in [0, 0.05) is 20.6 Å². The predicted octanol–water partition coefficient (Wildman–Crippen LogP) is -0.0736. The van der Waals surface area contributed by atoms with E-state index in [-0.39, 0.29) is 18.1 Å². The number of hydrogen-bond acceptors (Lipinski definition) is 3. The first-order valence-electron chi connectivity index (χ1n) is 4.11. The van der Waals surface area contributed by atoms with Crippen LogP contribution in [0.1, 0.15) is 13.3 Å². The maximum Gasteiger partial charge on any atom is 0.217 e. The van der Waals surface area contributed by atoms with Crippen LogP contribution in [-0.4, -0.2) is 38.4 Å². The van der Waals surface area contributed by atoms with Crippen molar-refractivity contribution in [3.63, 3.8) is 0 Å². The molecule has 12 heavy (non-hydrogen) atoms. The summed E-state index contributed by atoms with van der Waals surface area (Å²) in [5, 5.41) is 2.79. The molecule has 0 aliphatic carbocycles. The molecule has 1 rings (SSSR count). The number of ether oxygens (including phenoxy) is 2. The van der Waals surface area contributed by atoms with Gasteiger partial charge in [0.25, 0.3) is 0 Å². The molecule has 2 atom stereocenters. The average Bonchev–Trinajstić information content (AvgIpc) is 2.04. The van der Waals surface area contributed by atoms with E-state index in [1.54, 1.807) is 7.11 Å². The lowest BCUT2D eigenvalue weighted by atomic mass is 10.1. The van der Waals surface area contributed by atoms with Crippen LogP contribution in [0, 0.1) is 0 Å². The topological polar surface area (TPSA) is 47.6 Å². The van der Waals surface area contributed by atoms with Crippen molar-refractivity contribution in [1.82, 2.24) is 5.32 Å². The number of rotatable bonds is 2. The molecule has 0 saturated carbocycles. The van der Waals surface area contributed by atoms with Crippen molar-refractivity contribution < 1.29 is 14.3 Å². The SMILES string of the molecule is COC1CCOCC1NC(C)=O. The van der Waals surface area contributed by atoms with Crippen LogP contribution < -0.4 is 5.32 Å². The van der Waals surface area contributed by atoms with Crippen LogP contribution >= 0.6 is 0 Å². The summed E-state index contributed by atoms with van der Waals surface area (Å²) in [5.41, 5.74) is 0. The molecule has 0 spiro atoms. The van der Waals surface area contributed by atoms with Crippen molar-refractivity contribution in [3.8, 4) is 0 Å². The molecule has 1 heterocycles. The second-order valence-corrected chi connectivity index (χ2v) is 2.94. The molecule has 0 aromatic rings.